The molecule has 0 saturated carbocycles. The Hall–Kier alpha value is -2.41. The Bertz CT molecular complexity index is 1010. The van der Waals surface area contributed by atoms with E-state index in [4.69, 9.17) is 0 Å². The number of pyridine rings is 1. The van der Waals surface area contributed by atoms with E-state index in [0.717, 1.165) is 0 Å². The van der Waals surface area contributed by atoms with E-state index in [-0.39, 0.29) is 5.41 Å². The SMILES string of the molecule is Cc1cc(-c2c(C)ccc3c2C(C)(C)c2ccccc2-3)[n+](C)cc1C. The fraction of sp³-hybridized carbons (Fsp3) is 0.292. The molecule has 0 N–H and O–H groups in total. The normalized spacial score (nSPS) is 14.3. The van der Waals surface area contributed by atoms with Crippen molar-refractivity contribution in [2.45, 2.75) is 40.0 Å². The first-order valence-electron chi connectivity index (χ1n) is 9.03. The summed E-state index contributed by atoms with van der Waals surface area (Å²) in [6, 6.07) is 15.8. The second-order valence-electron chi connectivity index (χ2n) is 7.99. The van der Waals surface area contributed by atoms with Crippen LogP contribution in [0.5, 0.6) is 0 Å². The molecule has 126 valence electrons. The van der Waals surface area contributed by atoms with Crippen molar-refractivity contribution in [2.75, 3.05) is 0 Å². The van der Waals surface area contributed by atoms with Crippen LogP contribution in [-0.2, 0) is 12.5 Å². The molecule has 0 unspecified atom stereocenters. The molecule has 0 spiro atoms. The number of fused-ring (bicyclic) bond motifs is 3. The van der Waals surface area contributed by atoms with Crippen LogP contribution in [0.15, 0.2) is 48.7 Å². The Kier molecular flexibility index (Phi) is 3.40. The molecule has 1 heterocycles. The summed E-state index contributed by atoms with van der Waals surface area (Å²) in [6.07, 6.45) is 2.25. The van der Waals surface area contributed by atoms with Crippen molar-refractivity contribution in [2.24, 2.45) is 7.05 Å². The molecule has 1 aliphatic carbocycles. The van der Waals surface area contributed by atoms with E-state index in [0.29, 0.717) is 0 Å². The first-order chi connectivity index (χ1) is 11.8. The van der Waals surface area contributed by atoms with Gasteiger partial charge in [0.15, 0.2) is 6.20 Å². The third-order valence-electron chi connectivity index (χ3n) is 5.93. The van der Waals surface area contributed by atoms with Gasteiger partial charge in [-0.05, 0) is 54.2 Å². The van der Waals surface area contributed by atoms with E-state index >= 15 is 0 Å². The van der Waals surface area contributed by atoms with Crippen LogP contribution >= 0.6 is 0 Å². The Balaban J connectivity index is 2.10. The molecule has 4 rings (SSSR count). The number of aromatic nitrogens is 1. The first-order valence-corrected chi connectivity index (χ1v) is 9.03. The number of hydrogen-bond acceptors (Lipinski definition) is 0. The largest absolute Gasteiger partial charge is 0.213 e. The highest BCUT2D eigenvalue weighted by atomic mass is 14.9. The molecule has 0 saturated heterocycles. The quantitative estimate of drug-likeness (QED) is 0.526. The second kappa shape index (κ2) is 5.29. The minimum Gasteiger partial charge on any atom is -0.201 e. The van der Waals surface area contributed by atoms with Gasteiger partial charge in [-0.3, -0.25) is 0 Å². The molecule has 0 aliphatic heterocycles. The number of rotatable bonds is 1. The van der Waals surface area contributed by atoms with Crippen molar-refractivity contribution in [3.8, 4) is 22.4 Å². The standard InChI is InChI=1S/C24H26N/c1-15-11-12-19-18-9-7-8-10-20(18)24(4,5)23(19)22(15)21-13-16(2)17(3)14-25(21)6/h7-14H,1-6H3/q+1. The summed E-state index contributed by atoms with van der Waals surface area (Å²) >= 11 is 0. The van der Waals surface area contributed by atoms with Crippen LogP contribution < -0.4 is 4.57 Å². The molecule has 1 aliphatic rings. The third-order valence-corrected chi connectivity index (χ3v) is 5.93. The highest BCUT2D eigenvalue weighted by Crippen LogP contribution is 2.52. The van der Waals surface area contributed by atoms with Gasteiger partial charge in [0.2, 0.25) is 5.69 Å². The molecule has 3 aromatic rings. The summed E-state index contributed by atoms with van der Waals surface area (Å²) in [7, 11) is 2.16. The molecule has 1 heteroatoms. The Morgan fingerprint density at radius 1 is 0.800 bits per heavy atom. The topological polar surface area (TPSA) is 3.88 Å². The maximum Gasteiger partial charge on any atom is 0.213 e. The van der Waals surface area contributed by atoms with E-state index in [9.17, 15) is 0 Å². The number of nitrogens with zero attached hydrogens (tertiary/aromatic N) is 1. The smallest absolute Gasteiger partial charge is 0.201 e. The lowest BCUT2D eigenvalue weighted by Gasteiger charge is -2.24. The van der Waals surface area contributed by atoms with Gasteiger partial charge in [-0.1, -0.05) is 50.2 Å². The minimum absolute atomic E-state index is 0.0130. The summed E-state index contributed by atoms with van der Waals surface area (Å²) in [5, 5.41) is 0. The molecule has 1 aromatic heterocycles. The zero-order chi connectivity index (χ0) is 17.9. The molecule has 0 amide bonds. The highest BCUT2D eigenvalue weighted by Gasteiger charge is 2.39. The van der Waals surface area contributed by atoms with Gasteiger partial charge in [0.05, 0.1) is 5.56 Å². The van der Waals surface area contributed by atoms with E-state index in [1.165, 1.54) is 50.2 Å². The predicted octanol–water partition coefficient (Wildman–Crippen LogP) is 5.41. The third kappa shape index (κ3) is 2.18. The van der Waals surface area contributed by atoms with Crippen LogP contribution in [0.25, 0.3) is 22.4 Å². The zero-order valence-corrected chi connectivity index (χ0v) is 16.1. The Morgan fingerprint density at radius 2 is 1.52 bits per heavy atom. The number of aryl methyl sites for hydroxylation is 4. The summed E-state index contributed by atoms with van der Waals surface area (Å²) in [5.74, 6) is 0. The summed E-state index contributed by atoms with van der Waals surface area (Å²) in [5.41, 5.74) is 12.4. The van der Waals surface area contributed by atoms with Crippen molar-refractivity contribution in [1.82, 2.24) is 0 Å². The summed E-state index contributed by atoms with van der Waals surface area (Å²) in [6.45, 7) is 11.4. The first kappa shape index (κ1) is 16.1. The maximum absolute atomic E-state index is 2.36. The lowest BCUT2D eigenvalue weighted by Crippen LogP contribution is -2.32. The van der Waals surface area contributed by atoms with Crippen LogP contribution in [0, 0.1) is 20.8 Å². The monoisotopic (exact) mass is 328 g/mol. The Labute approximate surface area is 151 Å². The predicted molar refractivity (Wildman–Crippen MR) is 105 cm³/mol. The van der Waals surface area contributed by atoms with Crippen molar-refractivity contribution < 1.29 is 4.57 Å². The van der Waals surface area contributed by atoms with E-state index in [2.05, 4.69) is 94.9 Å². The van der Waals surface area contributed by atoms with Gasteiger partial charge in [0.25, 0.3) is 0 Å². The summed E-state index contributed by atoms with van der Waals surface area (Å²) in [4.78, 5) is 0. The molecular weight excluding hydrogens is 302 g/mol. The van der Waals surface area contributed by atoms with Crippen LogP contribution in [0.2, 0.25) is 0 Å². The minimum atomic E-state index is 0.0130. The molecule has 1 nitrogen and oxygen atoms in total. The fourth-order valence-electron chi connectivity index (χ4n) is 4.44. The molecule has 2 aromatic carbocycles. The second-order valence-corrected chi connectivity index (χ2v) is 7.99. The Morgan fingerprint density at radius 3 is 2.28 bits per heavy atom. The fourth-order valence-corrected chi connectivity index (χ4v) is 4.44. The van der Waals surface area contributed by atoms with Crippen molar-refractivity contribution in [1.29, 1.82) is 0 Å². The van der Waals surface area contributed by atoms with Gasteiger partial charge in [-0.2, -0.15) is 0 Å². The molecule has 25 heavy (non-hydrogen) atoms. The highest BCUT2D eigenvalue weighted by molar-refractivity contribution is 5.88. The van der Waals surface area contributed by atoms with E-state index in [1.54, 1.807) is 0 Å². The van der Waals surface area contributed by atoms with Gasteiger partial charge in [0.1, 0.15) is 7.05 Å². The van der Waals surface area contributed by atoms with Crippen LogP contribution in [0.3, 0.4) is 0 Å². The number of hydrogen-bond donors (Lipinski definition) is 0. The van der Waals surface area contributed by atoms with Gasteiger partial charge in [-0.25, -0.2) is 4.57 Å². The molecule has 0 radical (unpaired) electrons. The van der Waals surface area contributed by atoms with Crippen LogP contribution in [0.1, 0.15) is 41.7 Å². The van der Waals surface area contributed by atoms with E-state index < -0.39 is 0 Å². The van der Waals surface area contributed by atoms with Gasteiger partial charge in [0, 0.05) is 17.0 Å². The number of benzene rings is 2. The average molecular weight is 328 g/mol. The molecule has 0 bridgehead atoms. The van der Waals surface area contributed by atoms with Gasteiger partial charge >= 0.3 is 0 Å². The van der Waals surface area contributed by atoms with Crippen LogP contribution in [0.4, 0.5) is 0 Å². The molecular formula is C24H26N+. The zero-order valence-electron chi connectivity index (χ0n) is 16.1. The average Bonchev–Trinajstić information content (AvgIpc) is 2.80. The molecule has 0 atom stereocenters. The summed E-state index contributed by atoms with van der Waals surface area (Å²) < 4.78 is 2.28. The van der Waals surface area contributed by atoms with Crippen molar-refractivity contribution in [3.63, 3.8) is 0 Å². The van der Waals surface area contributed by atoms with Crippen molar-refractivity contribution in [3.05, 3.63) is 76.5 Å². The molecule has 0 fully saturated rings. The lowest BCUT2D eigenvalue weighted by molar-refractivity contribution is -0.660. The van der Waals surface area contributed by atoms with Crippen LogP contribution in [-0.4, -0.2) is 0 Å². The van der Waals surface area contributed by atoms with E-state index in [1.807, 2.05) is 0 Å². The lowest BCUT2D eigenvalue weighted by atomic mass is 9.78. The van der Waals surface area contributed by atoms with Crippen molar-refractivity contribution >= 4 is 0 Å². The maximum atomic E-state index is 2.36. The van der Waals surface area contributed by atoms with Gasteiger partial charge < -0.3 is 0 Å². The van der Waals surface area contributed by atoms with Gasteiger partial charge in [-0.15, -0.1) is 0 Å².